The molecule has 0 spiro atoms. The van der Waals surface area contributed by atoms with E-state index in [4.69, 9.17) is 9.47 Å². The van der Waals surface area contributed by atoms with E-state index in [1.165, 1.54) is 0 Å². The predicted octanol–water partition coefficient (Wildman–Crippen LogP) is 3.23. The lowest BCUT2D eigenvalue weighted by molar-refractivity contribution is 0.0946. The van der Waals surface area contributed by atoms with Gasteiger partial charge in [-0.2, -0.15) is 5.10 Å². The third kappa shape index (κ3) is 6.24. The maximum Gasteiger partial charge on any atom is 0.255 e. The van der Waals surface area contributed by atoms with E-state index >= 15 is 0 Å². The van der Waals surface area contributed by atoms with Gasteiger partial charge in [0.15, 0.2) is 0 Å². The number of pyridine rings is 1. The Kier molecular flexibility index (Phi) is 7.74. The Labute approximate surface area is 203 Å². The number of ether oxygens (including phenoxy) is 2. The minimum absolute atomic E-state index is 0.0315. The van der Waals surface area contributed by atoms with Crippen molar-refractivity contribution in [3.63, 3.8) is 0 Å². The quantitative estimate of drug-likeness (QED) is 0.383. The first kappa shape index (κ1) is 24.0. The molecule has 4 rings (SSSR count). The normalized spacial score (nSPS) is 10.8. The number of carbonyl (C=O) groups is 1. The van der Waals surface area contributed by atoms with Crippen LogP contribution in [-0.4, -0.2) is 34.5 Å². The van der Waals surface area contributed by atoms with Crippen molar-refractivity contribution in [3.05, 3.63) is 117 Å². The number of nitrogens with zero attached hydrogens (tertiary/aromatic N) is 3. The first-order chi connectivity index (χ1) is 17.1. The fourth-order valence-electron chi connectivity index (χ4n) is 3.76. The Morgan fingerprint density at radius 2 is 1.71 bits per heavy atom. The van der Waals surface area contributed by atoms with Gasteiger partial charge in [0, 0.05) is 32.1 Å². The molecule has 0 bridgehead atoms. The lowest BCUT2D eigenvalue weighted by Gasteiger charge is -2.07. The summed E-state index contributed by atoms with van der Waals surface area (Å²) in [5.74, 6) is 0.529. The number of aromatic nitrogens is 3. The second-order valence-electron chi connectivity index (χ2n) is 8.14. The fourth-order valence-corrected chi connectivity index (χ4v) is 3.76. The van der Waals surface area contributed by atoms with Gasteiger partial charge in [-0.15, -0.1) is 0 Å². The van der Waals surface area contributed by atoms with Crippen LogP contribution in [0.2, 0.25) is 0 Å². The largest absolute Gasteiger partial charge is 0.497 e. The molecule has 0 fully saturated rings. The van der Waals surface area contributed by atoms with Crippen molar-refractivity contribution in [2.45, 2.75) is 26.2 Å². The van der Waals surface area contributed by atoms with Gasteiger partial charge in [-0.05, 0) is 34.9 Å². The Morgan fingerprint density at radius 1 is 0.943 bits per heavy atom. The van der Waals surface area contributed by atoms with Crippen LogP contribution in [0.4, 0.5) is 0 Å². The van der Waals surface area contributed by atoms with Crippen LogP contribution in [0.25, 0.3) is 0 Å². The molecule has 1 N–H and O–H groups in total. The number of amides is 1. The zero-order valence-corrected chi connectivity index (χ0v) is 19.8. The lowest BCUT2D eigenvalue weighted by Crippen LogP contribution is -2.23. The molecular formula is C27H28N4O4. The van der Waals surface area contributed by atoms with Crippen molar-refractivity contribution in [2.75, 3.05) is 14.2 Å². The summed E-state index contributed by atoms with van der Waals surface area (Å²) in [6.45, 7) is 1.63. The van der Waals surface area contributed by atoms with E-state index in [1.54, 1.807) is 48.0 Å². The van der Waals surface area contributed by atoms with Gasteiger partial charge in [-0.1, -0.05) is 42.5 Å². The molecule has 4 aromatic rings. The van der Waals surface area contributed by atoms with Crippen LogP contribution in [0.5, 0.6) is 5.75 Å². The maximum absolute atomic E-state index is 12.9. The molecule has 0 radical (unpaired) electrons. The van der Waals surface area contributed by atoms with E-state index in [0.717, 1.165) is 22.4 Å². The summed E-state index contributed by atoms with van der Waals surface area (Å²) in [6.07, 6.45) is 3.52. The predicted molar refractivity (Wildman–Crippen MR) is 132 cm³/mol. The Balaban J connectivity index is 1.43. The molecule has 2 heterocycles. The van der Waals surface area contributed by atoms with Crippen LogP contribution in [-0.2, 0) is 31.0 Å². The van der Waals surface area contributed by atoms with E-state index in [1.807, 2.05) is 54.6 Å². The zero-order chi connectivity index (χ0) is 24.6. The van der Waals surface area contributed by atoms with Crippen LogP contribution in [0.15, 0.2) is 83.9 Å². The van der Waals surface area contributed by atoms with Gasteiger partial charge in [-0.25, -0.2) is 0 Å². The average molecular weight is 473 g/mol. The molecule has 0 saturated carbocycles. The van der Waals surface area contributed by atoms with Crippen LogP contribution >= 0.6 is 0 Å². The summed E-state index contributed by atoms with van der Waals surface area (Å²) in [4.78, 5) is 24.8. The topological polar surface area (TPSA) is 87.4 Å². The summed E-state index contributed by atoms with van der Waals surface area (Å²) in [5.41, 5.74) is 4.03. The number of carbonyl (C=O) groups excluding carboxylic acids is 1. The molecule has 0 saturated heterocycles. The molecule has 180 valence electrons. The summed E-state index contributed by atoms with van der Waals surface area (Å²) in [5, 5.41) is 7.51. The average Bonchev–Trinajstić information content (AvgIpc) is 3.27. The second-order valence-corrected chi connectivity index (χ2v) is 8.14. The van der Waals surface area contributed by atoms with Gasteiger partial charge in [0.2, 0.25) is 0 Å². The highest BCUT2D eigenvalue weighted by Gasteiger charge is 2.16. The number of nitrogens with one attached hydrogen (secondary N) is 1. The standard InChI is InChI=1S/C27H28N4O4/c1-34-19-25-24(27(33)28-15-22-6-5-7-23(14-22)35-2)18-31(29-25)17-21-11-9-20(10-12-21)16-30-13-4-3-8-26(30)32/h3-14,18H,15-17,19H2,1-2H3,(H,28,33). The van der Waals surface area contributed by atoms with Crippen molar-refractivity contribution in [1.29, 1.82) is 0 Å². The lowest BCUT2D eigenvalue weighted by atomic mass is 10.1. The van der Waals surface area contributed by atoms with Gasteiger partial charge in [0.1, 0.15) is 11.4 Å². The number of benzene rings is 2. The van der Waals surface area contributed by atoms with Crippen molar-refractivity contribution in [1.82, 2.24) is 19.7 Å². The molecule has 8 heteroatoms. The SMILES string of the molecule is COCc1nn(Cc2ccc(Cn3ccccc3=O)cc2)cc1C(=O)NCc1cccc(OC)c1. The van der Waals surface area contributed by atoms with Crippen LogP contribution in [0.3, 0.4) is 0 Å². The third-order valence-electron chi connectivity index (χ3n) is 5.57. The maximum atomic E-state index is 12.9. The first-order valence-electron chi connectivity index (χ1n) is 11.3. The monoisotopic (exact) mass is 472 g/mol. The van der Waals surface area contributed by atoms with Crippen LogP contribution in [0, 0.1) is 0 Å². The number of hydrogen-bond acceptors (Lipinski definition) is 5. The van der Waals surface area contributed by atoms with E-state index in [0.29, 0.717) is 30.9 Å². The summed E-state index contributed by atoms with van der Waals surface area (Å²) in [6, 6.07) is 20.7. The van der Waals surface area contributed by atoms with Gasteiger partial charge in [-0.3, -0.25) is 14.3 Å². The van der Waals surface area contributed by atoms with Crippen LogP contribution < -0.4 is 15.6 Å². The molecule has 8 nitrogen and oxygen atoms in total. The van der Waals surface area contributed by atoms with Crippen molar-refractivity contribution < 1.29 is 14.3 Å². The highest BCUT2D eigenvalue weighted by atomic mass is 16.5. The molecule has 35 heavy (non-hydrogen) atoms. The molecule has 0 aliphatic carbocycles. The van der Waals surface area contributed by atoms with Crippen molar-refractivity contribution in [3.8, 4) is 5.75 Å². The Bertz CT molecular complexity index is 1340. The molecule has 2 aromatic heterocycles. The van der Waals surface area contributed by atoms with Gasteiger partial charge in [0.05, 0.1) is 32.4 Å². The van der Waals surface area contributed by atoms with Gasteiger partial charge in [0.25, 0.3) is 11.5 Å². The molecule has 1 amide bonds. The highest BCUT2D eigenvalue weighted by Crippen LogP contribution is 2.14. The fraction of sp³-hybridized carbons (Fsp3) is 0.222. The molecule has 0 atom stereocenters. The molecule has 0 aliphatic heterocycles. The minimum atomic E-state index is -0.213. The van der Waals surface area contributed by atoms with Gasteiger partial charge < -0.3 is 19.4 Å². The molecule has 0 unspecified atom stereocenters. The summed E-state index contributed by atoms with van der Waals surface area (Å²) >= 11 is 0. The van der Waals surface area contributed by atoms with Crippen molar-refractivity contribution >= 4 is 5.91 Å². The summed E-state index contributed by atoms with van der Waals surface area (Å²) < 4.78 is 13.9. The molecule has 2 aromatic carbocycles. The van der Waals surface area contributed by atoms with Gasteiger partial charge >= 0.3 is 0 Å². The number of hydrogen-bond donors (Lipinski definition) is 1. The summed E-state index contributed by atoms with van der Waals surface area (Å²) in [7, 11) is 3.19. The smallest absolute Gasteiger partial charge is 0.255 e. The number of rotatable bonds is 10. The van der Waals surface area contributed by atoms with E-state index in [2.05, 4.69) is 10.4 Å². The molecular weight excluding hydrogens is 444 g/mol. The Hall–Kier alpha value is -4.17. The van der Waals surface area contributed by atoms with Crippen molar-refractivity contribution in [2.24, 2.45) is 0 Å². The minimum Gasteiger partial charge on any atom is -0.497 e. The Morgan fingerprint density at radius 3 is 2.43 bits per heavy atom. The van der Waals surface area contributed by atoms with E-state index in [9.17, 15) is 9.59 Å². The third-order valence-corrected chi connectivity index (χ3v) is 5.57. The molecule has 0 aliphatic rings. The second kappa shape index (κ2) is 11.3. The van der Waals surface area contributed by atoms with E-state index < -0.39 is 0 Å². The number of methoxy groups -OCH3 is 2. The van der Waals surface area contributed by atoms with Crippen LogP contribution in [0.1, 0.15) is 32.7 Å². The first-order valence-corrected chi connectivity index (χ1v) is 11.3. The highest BCUT2D eigenvalue weighted by molar-refractivity contribution is 5.95. The zero-order valence-electron chi connectivity index (χ0n) is 19.8. The van der Waals surface area contributed by atoms with E-state index in [-0.39, 0.29) is 18.1 Å².